The van der Waals surface area contributed by atoms with Gasteiger partial charge >= 0.3 is 0 Å². The first-order chi connectivity index (χ1) is 11.4. The van der Waals surface area contributed by atoms with Gasteiger partial charge in [-0.1, -0.05) is 28.0 Å². The molecule has 0 aliphatic rings. The lowest BCUT2D eigenvalue weighted by molar-refractivity contribution is -0.121. The highest BCUT2D eigenvalue weighted by molar-refractivity contribution is 9.10. The molecule has 0 spiro atoms. The number of rotatable bonds is 7. The fourth-order valence-electron chi connectivity index (χ4n) is 2.58. The van der Waals surface area contributed by atoms with Gasteiger partial charge in [-0.25, -0.2) is 0 Å². The zero-order chi connectivity index (χ0) is 17.7. The number of aromatic nitrogens is 1. The molecule has 2 rings (SSSR count). The molecule has 1 aromatic carbocycles. The van der Waals surface area contributed by atoms with Crippen molar-refractivity contribution < 1.29 is 14.1 Å². The monoisotopic (exact) mass is 395 g/mol. The highest BCUT2D eigenvalue weighted by atomic mass is 79.9. The van der Waals surface area contributed by atoms with E-state index >= 15 is 0 Å². The van der Waals surface area contributed by atoms with Crippen LogP contribution in [0.15, 0.2) is 33.3 Å². The number of hydrogen-bond acceptors (Lipinski definition) is 5. The summed E-state index contributed by atoms with van der Waals surface area (Å²) in [5, 5.41) is 6.60. The maximum absolute atomic E-state index is 12.5. The van der Waals surface area contributed by atoms with Crippen LogP contribution in [0.4, 0.5) is 5.82 Å². The summed E-state index contributed by atoms with van der Waals surface area (Å²) in [5.41, 5.74) is 1.01. The van der Waals surface area contributed by atoms with Crippen LogP contribution in [-0.2, 0) is 11.3 Å². The van der Waals surface area contributed by atoms with E-state index in [1.165, 1.54) is 0 Å². The van der Waals surface area contributed by atoms with E-state index < -0.39 is 0 Å². The standard InChI is InChI=1S/C17H22BrN3O3/c1-5-14(17(22)19-16-8-11(2)24-20-16)21(3)10-12-9-13(18)6-7-15(12)23-4/h6-9,14H,5,10H2,1-4H3,(H,19,20,22)/t14-/m1/s1. The minimum Gasteiger partial charge on any atom is -0.496 e. The lowest BCUT2D eigenvalue weighted by Crippen LogP contribution is -2.41. The number of ether oxygens (including phenoxy) is 1. The summed E-state index contributed by atoms with van der Waals surface area (Å²) < 4.78 is 11.4. The van der Waals surface area contributed by atoms with Crippen molar-refractivity contribution in [3.63, 3.8) is 0 Å². The first kappa shape index (κ1) is 18.5. The van der Waals surface area contributed by atoms with Crippen molar-refractivity contribution in [1.29, 1.82) is 0 Å². The van der Waals surface area contributed by atoms with Crippen molar-refractivity contribution in [2.75, 3.05) is 19.5 Å². The van der Waals surface area contributed by atoms with Crippen molar-refractivity contribution in [3.8, 4) is 5.75 Å². The Morgan fingerprint density at radius 1 is 1.46 bits per heavy atom. The van der Waals surface area contributed by atoms with Gasteiger partial charge in [-0.05, 0) is 38.6 Å². The maximum atomic E-state index is 12.5. The number of benzene rings is 1. The molecule has 1 heterocycles. The molecule has 0 unspecified atom stereocenters. The Bertz CT molecular complexity index is 702. The Balaban J connectivity index is 2.09. The van der Waals surface area contributed by atoms with Crippen LogP contribution in [0.3, 0.4) is 0 Å². The predicted molar refractivity (Wildman–Crippen MR) is 96.1 cm³/mol. The largest absolute Gasteiger partial charge is 0.496 e. The molecule has 0 saturated carbocycles. The smallest absolute Gasteiger partial charge is 0.242 e. The van der Waals surface area contributed by atoms with E-state index in [9.17, 15) is 4.79 Å². The van der Waals surface area contributed by atoms with Gasteiger partial charge in [0.2, 0.25) is 5.91 Å². The Kier molecular flexibility index (Phi) is 6.39. The Morgan fingerprint density at radius 2 is 2.21 bits per heavy atom. The number of carbonyl (C=O) groups is 1. The minimum atomic E-state index is -0.286. The van der Waals surface area contributed by atoms with Crippen molar-refractivity contribution in [1.82, 2.24) is 10.1 Å². The van der Waals surface area contributed by atoms with Crippen LogP contribution in [0, 0.1) is 6.92 Å². The topological polar surface area (TPSA) is 67.6 Å². The first-order valence-electron chi connectivity index (χ1n) is 7.71. The zero-order valence-electron chi connectivity index (χ0n) is 14.3. The Morgan fingerprint density at radius 3 is 2.79 bits per heavy atom. The number of aryl methyl sites for hydroxylation is 1. The molecule has 2 aromatic rings. The summed E-state index contributed by atoms with van der Waals surface area (Å²) in [6.07, 6.45) is 0.676. The average Bonchev–Trinajstić information content (AvgIpc) is 2.93. The Labute approximate surface area is 150 Å². The third kappa shape index (κ3) is 4.58. The lowest BCUT2D eigenvalue weighted by Gasteiger charge is -2.26. The summed E-state index contributed by atoms with van der Waals surface area (Å²) in [7, 11) is 3.56. The van der Waals surface area contributed by atoms with Gasteiger partial charge in [0.05, 0.1) is 13.2 Å². The summed E-state index contributed by atoms with van der Waals surface area (Å²) in [6, 6.07) is 7.25. The summed E-state index contributed by atoms with van der Waals surface area (Å²) in [6.45, 7) is 4.35. The van der Waals surface area contributed by atoms with Crippen molar-refractivity contribution >= 4 is 27.7 Å². The molecule has 1 amide bonds. The number of nitrogens with one attached hydrogen (secondary N) is 1. The molecule has 6 nitrogen and oxygen atoms in total. The number of anilines is 1. The van der Waals surface area contributed by atoms with E-state index in [-0.39, 0.29) is 11.9 Å². The number of amides is 1. The van der Waals surface area contributed by atoms with Gasteiger partial charge in [-0.2, -0.15) is 0 Å². The number of halogens is 1. The van der Waals surface area contributed by atoms with Crippen LogP contribution in [-0.4, -0.2) is 36.2 Å². The van der Waals surface area contributed by atoms with Gasteiger partial charge in [-0.15, -0.1) is 0 Å². The van der Waals surface area contributed by atoms with E-state index in [1.54, 1.807) is 20.1 Å². The second-order valence-electron chi connectivity index (χ2n) is 5.61. The molecule has 130 valence electrons. The molecule has 0 aliphatic heterocycles. The summed E-state index contributed by atoms with van der Waals surface area (Å²) >= 11 is 3.47. The quantitative estimate of drug-likeness (QED) is 0.775. The molecular formula is C17H22BrN3O3. The third-order valence-corrected chi connectivity index (χ3v) is 4.26. The van der Waals surface area contributed by atoms with Crippen LogP contribution in [0.1, 0.15) is 24.7 Å². The van der Waals surface area contributed by atoms with Crippen LogP contribution in [0.25, 0.3) is 0 Å². The van der Waals surface area contributed by atoms with Crippen LogP contribution in [0.5, 0.6) is 5.75 Å². The SMILES string of the molecule is CC[C@H](C(=O)Nc1cc(C)on1)N(C)Cc1cc(Br)ccc1OC. The number of nitrogens with zero attached hydrogens (tertiary/aromatic N) is 2. The van der Waals surface area contributed by atoms with E-state index in [0.717, 1.165) is 15.8 Å². The van der Waals surface area contributed by atoms with E-state index in [4.69, 9.17) is 9.26 Å². The molecule has 7 heteroatoms. The number of carbonyl (C=O) groups excluding carboxylic acids is 1. The van der Waals surface area contributed by atoms with E-state index in [2.05, 4.69) is 26.4 Å². The molecule has 1 aromatic heterocycles. The number of hydrogen-bond donors (Lipinski definition) is 1. The molecule has 0 bridgehead atoms. The highest BCUT2D eigenvalue weighted by Crippen LogP contribution is 2.25. The minimum absolute atomic E-state index is 0.109. The van der Waals surface area contributed by atoms with Crippen LogP contribution in [0.2, 0.25) is 0 Å². The molecule has 0 aliphatic carbocycles. The van der Waals surface area contributed by atoms with Crippen LogP contribution < -0.4 is 10.1 Å². The second-order valence-corrected chi connectivity index (χ2v) is 6.52. The van der Waals surface area contributed by atoms with Gasteiger partial charge in [0.15, 0.2) is 5.82 Å². The lowest BCUT2D eigenvalue weighted by atomic mass is 10.1. The normalized spacial score (nSPS) is 12.2. The first-order valence-corrected chi connectivity index (χ1v) is 8.50. The van der Waals surface area contributed by atoms with Crippen molar-refractivity contribution in [2.45, 2.75) is 32.9 Å². The molecular weight excluding hydrogens is 374 g/mol. The van der Waals surface area contributed by atoms with Gasteiger partial charge in [0, 0.05) is 22.6 Å². The van der Waals surface area contributed by atoms with Crippen molar-refractivity contribution in [3.05, 3.63) is 40.1 Å². The second kappa shape index (κ2) is 8.30. The van der Waals surface area contributed by atoms with Gasteiger partial charge < -0.3 is 14.6 Å². The molecule has 1 atom stereocenters. The van der Waals surface area contributed by atoms with E-state index in [0.29, 0.717) is 24.5 Å². The molecule has 0 fully saturated rings. The molecule has 0 radical (unpaired) electrons. The van der Waals surface area contributed by atoms with Gasteiger partial charge in [0.1, 0.15) is 11.5 Å². The Hall–Kier alpha value is -1.86. The fraction of sp³-hybridized carbons (Fsp3) is 0.412. The molecule has 1 N–H and O–H groups in total. The van der Waals surface area contributed by atoms with E-state index in [1.807, 2.05) is 37.1 Å². The molecule has 0 saturated heterocycles. The predicted octanol–water partition coefficient (Wildman–Crippen LogP) is 3.60. The van der Waals surface area contributed by atoms with Crippen LogP contribution >= 0.6 is 15.9 Å². The fourth-order valence-corrected chi connectivity index (χ4v) is 2.99. The summed E-state index contributed by atoms with van der Waals surface area (Å²) in [5.74, 6) is 1.78. The average molecular weight is 396 g/mol. The zero-order valence-corrected chi connectivity index (χ0v) is 15.9. The molecule has 24 heavy (non-hydrogen) atoms. The highest BCUT2D eigenvalue weighted by Gasteiger charge is 2.23. The number of methoxy groups -OCH3 is 1. The maximum Gasteiger partial charge on any atom is 0.242 e. The van der Waals surface area contributed by atoms with Gasteiger partial charge in [-0.3, -0.25) is 9.69 Å². The third-order valence-electron chi connectivity index (χ3n) is 3.76. The van der Waals surface area contributed by atoms with Gasteiger partial charge in [0.25, 0.3) is 0 Å². The number of likely N-dealkylation sites (N-methyl/N-ethyl adjacent to an activating group) is 1. The van der Waals surface area contributed by atoms with Crippen molar-refractivity contribution in [2.24, 2.45) is 0 Å². The summed E-state index contributed by atoms with van der Waals surface area (Å²) in [4.78, 5) is 14.5.